The van der Waals surface area contributed by atoms with Gasteiger partial charge in [0, 0.05) is 10.7 Å². The predicted octanol–water partition coefficient (Wildman–Crippen LogP) is 3.40. The molecule has 3 heteroatoms. The molecule has 0 spiro atoms. The molecule has 0 saturated carbocycles. The van der Waals surface area contributed by atoms with Crippen LogP contribution in [-0.4, -0.2) is 6.67 Å². The molecule has 0 fully saturated rings. The first-order valence-electron chi connectivity index (χ1n) is 5.66. The van der Waals surface area contributed by atoms with Crippen molar-refractivity contribution in [3.63, 3.8) is 0 Å². The average molecular weight is 245 g/mol. The summed E-state index contributed by atoms with van der Waals surface area (Å²) in [7, 11) is 0. The van der Waals surface area contributed by atoms with Crippen LogP contribution in [0.1, 0.15) is 17.2 Å². The lowest BCUT2D eigenvalue weighted by Crippen LogP contribution is -2.33. The van der Waals surface area contributed by atoms with Gasteiger partial charge in [-0.1, -0.05) is 41.9 Å². The van der Waals surface area contributed by atoms with Crippen LogP contribution >= 0.6 is 11.6 Å². The van der Waals surface area contributed by atoms with Crippen LogP contribution in [0.2, 0.25) is 5.02 Å². The van der Waals surface area contributed by atoms with Gasteiger partial charge in [-0.3, -0.25) is 5.32 Å². The van der Waals surface area contributed by atoms with E-state index < -0.39 is 0 Å². The fraction of sp³-hybridized carbons (Fsp3) is 0.143. The van der Waals surface area contributed by atoms with E-state index in [4.69, 9.17) is 11.6 Å². The highest BCUT2D eigenvalue weighted by Crippen LogP contribution is 2.32. The molecule has 86 valence electrons. The van der Waals surface area contributed by atoms with Crippen LogP contribution in [0.15, 0.2) is 48.5 Å². The third-order valence-electron chi connectivity index (χ3n) is 3.04. The van der Waals surface area contributed by atoms with Crippen LogP contribution in [0.5, 0.6) is 0 Å². The summed E-state index contributed by atoms with van der Waals surface area (Å²) >= 11 is 6.07. The molecule has 1 unspecified atom stereocenters. The quantitative estimate of drug-likeness (QED) is 0.804. The number of anilines is 1. The van der Waals surface area contributed by atoms with Crippen molar-refractivity contribution in [2.24, 2.45) is 0 Å². The van der Waals surface area contributed by atoms with Gasteiger partial charge in [0.2, 0.25) is 0 Å². The molecule has 0 radical (unpaired) electrons. The fourth-order valence-electron chi connectivity index (χ4n) is 2.23. The Morgan fingerprint density at radius 2 is 1.88 bits per heavy atom. The maximum absolute atomic E-state index is 6.07. The van der Waals surface area contributed by atoms with Crippen LogP contribution in [0.3, 0.4) is 0 Å². The molecule has 1 aliphatic heterocycles. The van der Waals surface area contributed by atoms with Gasteiger partial charge in [-0.2, -0.15) is 0 Å². The first-order valence-corrected chi connectivity index (χ1v) is 6.04. The number of halogens is 1. The zero-order valence-corrected chi connectivity index (χ0v) is 10.0. The fourth-order valence-corrected chi connectivity index (χ4v) is 2.42. The minimum absolute atomic E-state index is 0.214. The van der Waals surface area contributed by atoms with Crippen molar-refractivity contribution in [1.29, 1.82) is 0 Å². The Morgan fingerprint density at radius 1 is 1.06 bits per heavy atom. The normalized spacial score (nSPS) is 18.3. The van der Waals surface area contributed by atoms with E-state index in [-0.39, 0.29) is 6.04 Å². The molecule has 17 heavy (non-hydrogen) atoms. The van der Waals surface area contributed by atoms with Crippen LogP contribution < -0.4 is 10.6 Å². The number of hydrogen-bond acceptors (Lipinski definition) is 2. The van der Waals surface area contributed by atoms with Crippen molar-refractivity contribution in [2.45, 2.75) is 6.04 Å². The molecular weight excluding hydrogens is 232 g/mol. The number of benzene rings is 2. The molecule has 1 atom stereocenters. The van der Waals surface area contributed by atoms with Crippen molar-refractivity contribution >= 4 is 17.3 Å². The second kappa shape index (κ2) is 4.40. The summed E-state index contributed by atoms with van der Waals surface area (Å²) in [6.07, 6.45) is 0. The van der Waals surface area contributed by atoms with Crippen LogP contribution in [-0.2, 0) is 0 Å². The third kappa shape index (κ3) is 2.02. The minimum atomic E-state index is 0.214. The smallest absolute Gasteiger partial charge is 0.0660 e. The molecule has 0 bridgehead atoms. The summed E-state index contributed by atoms with van der Waals surface area (Å²) in [6, 6.07) is 16.6. The van der Waals surface area contributed by atoms with Gasteiger partial charge in [0.1, 0.15) is 0 Å². The number of rotatable bonds is 1. The lowest BCUT2D eigenvalue weighted by molar-refractivity contribution is 0.616. The van der Waals surface area contributed by atoms with Gasteiger partial charge in [-0.05, 0) is 29.3 Å². The van der Waals surface area contributed by atoms with E-state index in [2.05, 4.69) is 34.9 Å². The van der Waals surface area contributed by atoms with E-state index in [0.29, 0.717) is 0 Å². The molecule has 2 N–H and O–H groups in total. The first-order chi connectivity index (χ1) is 8.34. The van der Waals surface area contributed by atoms with Gasteiger partial charge in [0.05, 0.1) is 12.7 Å². The van der Waals surface area contributed by atoms with Gasteiger partial charge >= 0.3 is 0 Å². The first kappa shape index (κ1) is 10.6. The van der Waals surface area contributed by atoms with Crippen LogP contribution in [0.25, 0.3) is 0 Å². The number of nitrogens with one attached hydrogen (secondary N) is 2. The highest BCUT2D eigenvalue weighted by atomic mass is 35.5. The maximum Gasteiger partial charge on any atom is 0.0660 e. The molecule has 0 saturated heterocycles. The SMILES string of the molecule is Clc1ccc2c(c1)C(c1ccccc1)NCN2. The summed E-state index contributed by atoms with van der Waals surface area (Å²) in [6.45, 7) is 0.772. The second-order valence-corrected chi connectivity index (χ2v) is 4.57. The maximum atomic E-state index is 6.07. The largest absolute Gasteiger partial charge is 0.372 e. The van der Waals surface area contributed by atoms with E-state index in [1.54, 1.807) is 0 Å². The third-order valence-corrected chi connectivity index (χ3v) is 3.28. The Balaban J connectivity index is 2.08. The van der Waals surface area contributed by atoms with Gasteiger partial charge in [0.25, 0.3) is 0 Å². The highest BCUT2D eigenvalue weighted by Gasteiger charge is 2.20. The topological polar surface area (TPSA) is 24.1 Å². The molecule has 3 rings (SSSR count). The van der Waals surface area contributed by atoms with Crippen molar-refractivity contribution in [1.82, 2.24) is 5.32 Å². The molecule has 2 nitrogen and oxygen atoms in total. The average Bonchev–Trinajstić information content (AvgIpc) is 2.39. The summed E-state index contributed by atoms with van der Waals surface area (Å²) in [5.74, 6) is 0. The van der Waals surface area contributed by atoms with E-state index in [1.807, 2.05) is 24.3 Å². The highest BCUT2D eigenvalue weighted by molar-refractivity contribution is 6.30. The Kier molecular flexibility index (Phi) is 2.75. The van der Waals surface area contributed by atoms with Gasteiger partial charge in [-0.25, -0.2) is 0 Å². The van der Waals surface area contributed by atoms with Crippen molar-refractivity contribution in [3.8, 4) is 0 Å². The molecule has 1 aliphatic rings. The zero-order valence-electron chi connectivity index (χ0n) is 9.28. The van der Waals surface area contributed by atoms with Crippen LogP contribution in [0, 0.1) is 0 Å². The molecule has 2 aromatic rings. The van der Waals surface area contributed by atoms with E-state index in [1.165, 1.54) is 11.1 Å². The van der Waals surface area contributed by atoms with E-state index in [9.17, 15) is 0 Å². The Bertz CT molecular complexity index is 525. The second-order valence-electron chi connectivity index (χ2n) is 4.13. The van der Waals surface area contributed by atoms with Crippen LogP contribution in [0.4, 0.5) is 5.69 Å². The Hall–Kier alpha value is -1.51. The summed E-state index contributed by atoms with van der Waals surface area (Å²) in [4.78, 5) is 0. The molecule has 0 aromatic heterocycles. The molecule has 0 aliphatic carbocycles. The Morgan fingerprint density at radius 3 is 2.71 bits per heavy atom. The van der Waals surface area contributed by atoms with Crippen molar-refractivity contribution in [2.75, 3.05) is 12.0 Å². The molecular formula is C14H13ClN2. The van der Waals surface area contributed by atoms with Crippen molar-refractivity contribution in [3.05, 3.63) is 64.7 Å². The van der Waals surface area contributed by atoms with Gasteiger partial charge in [0.15, 0.2) is 0 Å². The van der Waals surface area contributed by atoms with Gasteiger partial charge < -0.3 is 5.32 Å². The zero-order chi connectivity index (χ0) is 11.7. The molecule has 2 aromatic carbocycles. The number of hydrogen-bond donors (Lipinski definition) is 2. The molecule has 0 amide bonds. The lowest BCUT2D eigenvalue weighted by atomic mass is 9.96. The molecule has 1 heterocycles. The van der Waals surface area contributed by atoms with Gasteiger partial charge in [-0.15, -0.1) is 0 Å². The lowest BCUT2D eigenvalue weighted by Gasteiger charge is -2.28. The summed E-state index contributed by atoms with van der Waals surface area (Å²) in [5.41, 5.74) is 3.62. The predicted molar refractivity (Wildman–Crippen MR) is 71.4 cm³/mol. The Labute approximate surface area is 106 Å². The van der Waals surface area contributed by atoms with E-state index in [0.717, 1.165) is 17.4 Å². The minimum Gasteiger partial charge on any atom is -0.372 e. The summed E-state index contributed by atoms with van der Waals surface area (Å²) in [5, 5.41) is 7.54. The summed E-state index contributed by atoms with van der Waals surface area (Å²) < 4.78 is 0. The monoisotopic (exact) mass is 244 g/mol. The van der Waals surface area contributed by atoms with Crippen molar-refractivity contribution < 1.29 is 0 Å². The number of fused-ring (bicyclic) bond motifs is 1. The standard InChI is InChI=1S/C14H13ClN2/c15-11-6-7-13-12(8-11)14(17-9-16-13)10-4-2-1-3-5-10/h1-8,14,16-17H,9H2. The van der Waals surface area contributed by atoms with E-state index >= 15 is 0 Å².